The highest BCUT2D eigenvalue weighted by Crippen LogP contribution is 2.02. The molecule has 1 rings (SSSR count). The summed E-state index contributed by atoms with van der Waals surface area (Å²) in [6.07, 6.45) is 0. The van der Waals surface area contributed by atoms with Crippen molar-refractivity contribution in [1.82, 2.24) is 5.32 Å². The van der Waals surface area contributed by atoms with Crippen LogP contribution in [0, 0.1) is 5.21 Å². The van der Waals surface area contributed by atoms with E-state index in [1.54, 1.807) is 0 Å². The molecule has 0 saturated carbocycles. The number of hydrogen-bond donors (Lipinski definition) is 2. The third kappa shape index (κ3) is 1.62. The Hall–Kier alpha value is -0.160. The molecule has 0 bridgehead atoms. The zero-order chi connectivity index (χ0) is 6.74. The number of nitrogens with one attached hydrogen (secondary N) is 1. The molecule has 0 atom stereocenters. The minimum Gasteiger partial charge on any atom is -0.631 e. The highest BCUT2D eigenvalue weighted by molar-refractivity contribution is 4.54. The minimum atomic E-state index is -0.438. The summed E-state index contributed by atoms with van der Waals surface area (Å²) in [7, 11) is 0. The van der Waals surface area contributed by atoms with Crippen molar-refractivity contribution >= 4 is 0 Å². The standard InChI is InChI=1S/C5H12N2O2/c8-5-7(9)3-1-6-2-4-7/h6,8H,1-5H2. The molecular weight excluding hydrogens is 120 g/mol. The van der Waals surface area contributed by atoms with E-state index in [4.69, 9.17) is 5.11 Å². The third-order valence-corrected chi connectivity index (χ3v) is 1.65. The molecule has 0 aliphatic carbocycles. The molecule has 0 amide bonds. The SMILES string of the molecule is [O-][N+]1(CO)CCNCC1. The molecular formula is C5H12N2O2. The summed E-state index contributed by atoms with van der Waals surface area (Å²) in [5.74, 6) is 0. The lowest BCUT2D eigenvalue weighted by Gasteiger charge is -2.43. The highest BCUT2D eigenvalue weighted by atomic mass is 16.6. The van der Waals surface area contributed by atoms with Gasteiger partial charge >= 0.3 is 0 Å². The summed E-state index contributed by atoms with van der Waals surface area (Å²) in [4.78, 5) is 0. The quantitative estimate of drug-likeness (QED) is 0.350. The Kier molecular flexibility index (Phi) is 2.02. The molecule has 4 heteroatoms. The second-order valence-electron chi connectivity index (χ2n) is 2.40. The van der Waals surface area contributed by atoms with Gasteiger partial charge in [-0.2, -0.15) is 0 Å². The summed E-state index contributed by atoms with van der Waals surface area (Å²) in [5.41, 5.74) is 0. The number of aliphatic hydroxyl groups excluding tert-OH is 1. The van der Waals surface area contributed by atoms with Gasteiger partial charge in [-0.3, -0.25) is 0 Å². The van der Waals surface area contributed by atoms with Crippen LogP contribution in [0.5, 0.6) is 0 Å². The first-order valence-electron chi connectivity index (χ1n) is 3.15. The lowest BCUT2D eigenvalue weighted by atomic mass is 10.4. The van der Waals surface area contributed by atoms with Crippen molar-refractivity contribution in [2.45, 2.75) is 0 Å². The van der Waals surface area contributed by atoms with Crippen LogP contribution in [0.15, 0.2) is 0 Å². The van der Waals surface area contributed by atoms with Crippen molar-refractivity contribution in [2.24, 2.45) is 0 Å². The Morgan fingerprint density at radius 2 is 2.00 bits per heavy atom. The first kappa shape index (κ1) is 6.95. The van der Waals surface area contributed by atoms with E-state index in [1.165, 1.54) is 0 Å². The van der Waals surface area contributed by atoms with Gasteiger partial charge in [0.1, 0.15) is 0 Å². The van der Waals surface area contributed by atoms with Crippen molar-refractivity contribution in [1.29, 1.82) is 0 Å². The number of hydroxylamine groups is 3. The first-order chi connectivity index (χ1) is 4.27. The van der Waals surface area contributed by atoms with Gasteiger partial charge in [0.25, 0.3) is 0 Å². The van der Waals surface area contributed by atoms with Crippen molar-refractivity contribution in [3.63, 3.8) is 0 Å². The predicted octanol–water partition coefficient (Wildman–Crippen LogP) is -1.15. The Labute approximate surface area is 54.3 Å². The Morgan fingerprint density at radius 3 is 2.33 bits per heavy atom. The average molecular weight is 132 g/mol. The van der Waals surface area contributed by atoms with Crippen molar-refractivity contribution < 1.29 is 9.75 Å². The topological polar surface area (TPSA) is 55.3 Å². The van der Waals surface area contributed by atoms with Crippen LogP contribution in [0.25, 0.3) is 0 Å². The van der Waals surface area contributed by atoms with Crippen molar-refractivity contribution in [3.8, 4) is 0 Å². The largest absolute Gasteiger partial charge is 0.631 e. The number of nitrogens with zero attached hydrogens (tertiary/aromatic N) is 1. The van der Waals surface area contributed by atoms with Gasteiger partial charge < -0.3 is 20.3 Å². The summed E-state index contributed by atoms with van der Waals surface area (Å²) >= 11 is 0. The minimum absolute atomic E-state index is 0.276. The molecule has 54 valence electrons. The van der Waals surface area contributed by atoms with E-state index in [-0.39, 0.29) is 6.73 Å². The smallest absolute Gasteiger partial charge is 0.180 e. The maximum Gasteiger partial charge on any atom is 0.180 e. The van der Waals surface area contributed by atoms with Gasteiger partial charge in [-0.25, -0.2) is 0 Å². The number of aliphatic hydroxyl groups is 1. The molecule has 0 unspecified atom stereocenters. The van der Waals surface area contributed by atoms with E-state index in [1.807, 2.05) is 0 Å². The summed E-state index contributed by atoms with van der Waals surface area (Å²) in [6, 6.07) is 0. The van der Waals surface area contributed by atoms with Crippen LogP contribution in [0.3, 0.4) is 0 Å². The average Bonchev–Trinajstić information content (AvgIpc) is 1.90. The summed E-state index contributed by atoms with van der Waals surface area (Å²) in [6.45, 7) is 2.17. The van der Waals surface area contributed by atoms with Gasteiger partial charge in [0, 0.05) is 13.1 Å². The van der Waals surface area contributed by atoms with Crippen LogP contribution in [0.4, 0.5) is 0 Å². The number of rotatable bonds is 1. The van der Waals surface area contributed by atoms with Gasteiger partial charge in [0.15, 0.2) is 6.73 Å². The molecule has 9 heavy (non-hydrogen) atoms. The molecule has 1 saturated heterocycles. The molecule has 1 aliphatic rings. The summed E-state index contributed by atoms with van der Waals surface area (Å²) < 4.78 is -0.438. The fourth-order valence-corrected chi connectivity index (χ4v) is 0.944. The van der Waals surface area contributed by atoms with Gasteiger partial charge in [0.05, 0.1) is 13.1 Å². The van der Waals surface area contributed by atoms with Gasteiger partial charge in [-0.05, 0) is 0 Å². The van der Waals surface area contributed by atoms with E-state index >= 15 is 0 Å². The molecule has 2 N–H and O–H groups in total. The Balaban J connectivity index is 2.37. The third-order valence-electron chi connectivity index (χ3n) is 1.65. The number of quaternary nitrogens is 1. The maximum absolute atomic E-state index is 11.1. The maximum atomic E-state index is 11.1. The molecule has 0 aromatic heterocycles. The molecule has 0 spiro atoms. The fraction of sp³-hybridized carbons (Fsp3) is 1.00. The van der Waals surface area contributed by atoms with E-state index in [2.05, 4.69) is 5.32 Å². The zero-order valence-corrected chi connectivity index (χ0v) is 5.34. The van der Waals surface area contributed by atoms with Crippen LogP contribution in [0.1, 0.15) is 0 Å². The second kappa shape index (κ2) is 2.62. The second-order valence-corrected chi connectivity index (χ2v) is 2.40. The fourth-order valence-electron chi connectivity index (χ4n) is 0.944. The van der Waals surface area contributed by atoms with E-state index in [9.17, 15) is 5.21 Å². The molecule has 0 radical (unpaired) electrons. The molecule has 4 nitrogen and oxygen atoms in total. The Morgan fingerprint density at radius 1 is 1.44 bits per heavy atom. The van der Waals surface area contributed by atoms with E-state index < -0.39 is 4.65 Å². The lowest BCUT2D eigenvalue weighted by molar-refractivity contribution is -0.900. The molecule has 1 fully saturated rings. The van der Waals surface area contributed by atoms with E-state index in [0.29, 0.717) is 13.1 Å². The number of hydrogen-bond acceptors (Lipinski definition) is 3. The van der Waals surface area contributed by atoms with Gasteiger partial charge in [-0.1, -0.05) is 0 Å². The zero-order valence-electron chi connectivity index (χ0n) is 5.34. The van der Waals surface area contributed by atoms with Gasteiger partial charge in [0.2, 0.25) is 0 Å². The number of piperazine rings is 1. The monoisotopic (exact) mass is 132 g/mol. The van der Waals surface area contributed by atoms with E-state index in [0.717, 1.165) is 13.1 Å². The molecule has 1 heterocycles. The van der Waals surface area contributed by atoms with Crippen LogP contribution < -0.4 is 5.32 Å². The molecule has 1 aliphatic heterocycles. The molecule has 0 aromatic carbocycles. The van der Waals surface area contributed by atoms with Crippen LogP contribution in [0.2, 0.25) is 0 Å². The van der Waals surface area contributed by atoms with Crippen LogP contribution in [-0.2, 0) is 0 Å². The predicted molar refractivity (Wildman–Crippen MR) is 33.3 cm³/mol. The normalized spacial score (nSPS) is 26.0. The lowest BCUT2D eigenvalue weighted by Crippen LogP contribution is -2.55. The van der Waals surface area contributed by atoms with Crippen molar-refractivity contribution in [3.05, 3.63) is 5.21 Å². The van der Waals surface area contributed by atoms with Crippen molar-refractivity contribution in [2.75, 3.05) is 32.9 Å². The summed E-state index contributed by atoms with van der Waals surface area (Å²) in [5, 5.41) is 22.8. The Bertz CT molecular complexity index is 91.0. The highest BCUT2D eigenvalue weighted by Gasteiger charge is 2.17. The first-order valence-corrected chi connectivity index (χ1v) is 3.15. The molecule has 0 aromatic rings. The van der Waals surface area contributed by atoms with Crippen LogP contribution >= 0.6 is 0 Å². The van der Waals surface area contributed by atoms with Gasteiger partial charge in [-0.15, -0.1) is 0 Å². The van der Waals surface area contributed by atoms with Crippen LogP contribution in [-0.4, -0.2) is 42.7 Å².